The van der Waals surface area contributed by atoms with E-state index in [4.69, 9.17) is 4.42 Å². The molecule has 0 amide bonds. The summed E-state index contributed by atoms with van der Waals surface area (Å²) in [5, 5.41) is 14.2. The van der Waals surface area contributed by atoms with Crippen LogP contribution in [0.2, 0.25) is 0 Å². The van der Waals surface area contributed by atoms with E-state index in [1.54, 1.807) is 0 Å². The summed E-state index contributed by atoms with van der Waals surface area (Å²) in [6, 6.07) is 20.0. The summed E-state index contributed by atoms with van der Waals surface area (Å²) >= 11 is 0. The molecule has 5 nitrogen and oxygen atoms in total. The molecule has 2 N–H and O–H groups in total. The van der Waals surface area contributed by atoms with Gasteiger partial charge in [0.05, 0.1) is 6.54 Å². The number of rotatable bonds is 5. The van der Waals surface area contributed by atoms with Crippen molar-refractivity contribution in [3.8, 4) is 0 Å². The summed E-state index contributed by atoms with van der Waals surface area (Å²) in [4.78, 5) is 0. The minimum absolute atomic E-state index is 0.390. The molecule has 1 heterocycles. The number of hydrogen-bond acceptors (Lipinski definition) is 5. The smallest absolute Gasteiger partial charge is 0.320 e. The van der Waals surface area contributed by atoms with Gasteiger partial charge in [-0.2, -0.15) is 0 Å². The van der Waals surface area contributed by atoms with Gasteiger partial charge in [0.2, 0.25) is 5.89 Å². The second-order valence-corrected chi connectivity index (χ2v) is 4.21. The van der Waals surface area contributed by atoms with E-state index >= 15 is 0 Å². The van der Waals surface area contributed by atoms with Crippen molar-refractivity contribution < 1.29 is 4.42 Å². The van der Waals surface area contributed by atoms with Crippen LogP contribution in [-0.2, 0) is 6.54 Å². The molecule has 0 saturated carbocycles. The molecule has 0 bridgehead atoms. The molecular formula is C15H14N4O. The molecule has 0 atom stereocenters. The van der Waals surface area contributed by atoms with Crippen LogP contribution in [-0.4, -0.2) is 10.2 Å². The van der Waals surface area contributed by atoms with Gasteiger partial charge in [0, 0.05) is 11.4 Å². The molecule has 5 heteroatoms. The second-order valence-electron chi connectivity index (χ2n) is 4.21. The van der Waals surface area contributed by atoms with Gasteiger partial charge in [0.25, 0.3) is 0 Å². The van der Waals surface area contributed by atoms with Crippen LogP contribution in [0.1, 0.15) is 5.89 Å². The molecule has 0 aliphatic rings. The molecule has 0 unspecified atom stereocenters. The Morgan fingerprint density at radius 3 is 2.15 bits per heavy atom. The standard InChI is InChI=1S/C15H14N4O/c1-3-7-12(8-4-1)16-11-14-18-19-15(20-14)17-13-9-5-2-6-10-13/h1-10,16H,11H2,(H,17,19). The molecule has 0 radical (unpaired) electrons. The fraction of sp³-hybridized carbons (Fsp3) is 0.0667. The second kappa shape index (κ2) is 5.88. The largest absolute Gasteiger partial charge is 0.406 e. The summed E-state index contributed by atoms with van der Waals surface area (Å²) in [5.41, 5.74) is 1.93. The maximum Gasteiger partial charge on any atom is 0.320 e. The molecule has 3 aromatic rings. The van der Waals surface area contributed by atoms with Crippen molar-refractivity contribution in [2.75, 3.05) is 10.6 Å². The van der Waals surface area contributed by atoms with Gasteiger partial charge in [-0.1, -0.05) is 41.5 Å². The molecule has 0 saturated heterocycles. The Morgan fingerprint density at radius 2 is 1.45 bits per heavy atom. The predicted molar refractivity (Wildman–Crippen MR) is 77.8 cm³/mol. The van der Waals surface area contributed by atoms with Crippen molar-refractivity contribution >= 4 is 17.4 Å². The SMILES string of the molecule is c1ccc(NCc2nnc(Nc3ccccc3)o2)cc1. The lowest BCUT2D eigenvalue weighted by Crippen LogP contribution is -1.99. The van der Waals surface area contributed by atoms with Crippen LogP contribution in [0.15, 0.2) is 65.1 Å². The fourth-order valence-electron chi connectivity index (χ4n) is 1.75. The molecule has 100 valence electrons. The van der Waals surface area contributed by atoms with Crippen LogP contribution in [0.4, 0.5) is 17.4 Å². The normalized spacial score (nSPS) is 10.2. The van der Waals surface area contributed by atoms with E-state index in [9.17, 15) is 0 Å². The van der Waals surface area contributed by atoms with Gasteiger partial charge in [-0.15, -0.1) is 5.10 Å². The zero-order valence-electron chi connectivity index (χ0n) is 10.8. The summed E-state index contributed by atoms with van der Waals surface area (Å²) in [7, 11) is 0. The van der Waals surface area contributed by atoms with Crippen LogP contribution in [0.3, 0.4) is 0 Å². The summed E-state index contributed by atoms with van der Waals surface area (Å²) < 4.78 is 5.51. The third-order valence-electron chi connectivity index (χ3n) is 2.71. The number of hydrogen-bond donors (Lipinski definition) is 2. The average molecular weight is 266 g/mol. The maximum absolute atomic E-state index is 5.51. The third kappa shape index (κ3) is 3.14. The first kappa shape index (κ1) is 12.2. The first-order valence-electron chi connectivity index (χ1n) is 6.33. The van der Waals surface area contributed by atoms with E-state index in [2.05, 4.69) is 20.8 Å². The van der Waals surface area contributed by atoms with Gasteiger partial charge in [-0.05, 0) is 24.3 Å². The summed E-state index contributed by atoms with van der Waals surface area (Å²) in [6.45, 7) is 0.494. The number of anilines is 3. The number of para-hydroxylation sites is 2. The Bertz CT molecular complexity index is 652. The Hall–Kier alpha value is -2.82. The lowest BCUT2D eigenvalue weighted by molar-refractivity contribution is 0.518. The molecule has 0 aliphatic heterocycles. The number of aromatic nitrogens is 2. The van der Waals surface area contributed by atoms with E-state index < -0.39 is 0 Å². The van der Waals surface area contributed by atoms with Crippen LogP contribution >= 0.6 is 0 Å². The molecule has 1 aromatic heterocycles. The zero-order chi connectivity index (χ0) is 13.6. The lowest BCUT2D eigenvalue weighted by atomic mass is 10.3. The predicted octanol–water partition coefficient (Wildman–Crippen LogP) is 3.43. The molecule has 0 aliphatic carbocycles. The van der Waals surface area contributed by atoms with Crippen molar-refractivity contribution in [2.24, 2.45) is 0 Å². The van der Waals surface area contributed by atoms with Gasteiger partial charge in [-0.3, -0.25) is 0 Å². The van der Waals surface area contributed by atoms with E-state index in [0.717, 1.165) is 11.4 Å². The number of nitrogens with zero attached hydrogens (tertiary/aromatic N) is 2. The van der Waals surface area contributed by atoms with E-state index in [0.29, 0.717) is 18.5 Å². The van der Waals surface area contributed by atoms with E-state index in [1.165, 1.54) is 0 Å². The van der Waals surface area contributed by atoms with Crippen molar-refractivity contribution in [3.05, 3.63) is 66.6 Å². The summed E-state index contributed by atoms with van der Waals surface area (Å²) in [6.07, 6.45) is 0. The van der Waals surface area contributed by atoms with Crippen LogP contribution in [0.5, 0.6) is 0 Å². The number of benzene rings is 2. The van der Waals surface area contributed by atoms with Gasteiger partial charge >= 0.3 is 6.01 Å². The Morgan fingerprint density at radius 1 is 0.800 bits per heavy atom. The highest BCUT2D eigenvalue weighted by Gasteiger charge is 2.05. The van der Waals surface area contributed by atoms with Crippen molar-refractivity contribution in [3.63, 3.8) is 0 Å². The van der Waals surface area contributed by atoms with Gasteiger partial charge in [0.15, 0.2) is 0 Å². The highest BCUT2D eigenvalue weighted by Crippen LogP contribution is 2.15. The molecule has 0 spiro atoms. The van der Waals surface area contributed by atoms with Crippen molar-refractivity contribution in [2.45, 2.75) is 6.54 Å². The molecule has 2 aromatic carbocycles. The first-order valence-corrected chi connectivity index (χ1v) is 6.33. The highest BCUT2D eigenvalue weighted by molar-refractivity contribution is 5.51. The minimum Gasteiger partial charge on any atom is -0.406 e. The van der Waals surface area contributed by atoms with E-state index in [1.807, 2.05) is 60.7 Å². The van der Waals surface area contributed by atoms with E-state index in [-0.39, 0.29) is 0 Å². The Labute approximate surface area is 116 Å². The quantitative estimate of drug-likeness (QED) is 0.740. The maximum atomic E-state index is 5.51. The van der Waals surface area contributed by atoms with Crippen LogP contribution in [0.25, 0.3) is 0 Å². The minimum atomic E-state index is 0.390. The Kier molecular flexibility index (Phi) is 3.59. The van der Waals surface area contributed by atoms with Crippen LogP contribution < -0.4 is 10.6 Å². The highest BCUT2D eigenvalue weighted by atomic mass is 16.4. The van der Waals surface area contributed by atoms with Gasteiger partial charge < -0.3 is 15.1 Å². The average Bonchev–Trinajstić information content (AvgIpc) is 2.95. The van der Waals surface area contributed by atoms with Crippen molar-refractivity contribution in [1.82, 2.24) is 10.2 Å². The first-order chi connectivity index (χ1) is 9.90. The lowest BCUT2D eigenvalue weighted by Gasteiger charge is -2.02. The van der Waals surface area contributed by atoms with Gasteiger partial charge in [0.1, 0.15) is 0 Å². The third-order valence-corrected chi connectivity index (χ3v) is 2.71. The topological polar surface area (TPSA) is 63.0 Å². The summed E-state index contributed by atoms with van der Waals surface area (Å²) in [5.74, 6) is 0.535. The van der Waals surface area contributed by atoms with Crippen LogP contribution in [0, 0.1) is 0 Å². The molecule has 0 fully saturated rings. The fourth-order valence-corrected chi connectivity index (χ4v) is 1.75. The molecular weight excluding hydrogens is 252 g/mol. The molecule has 20 heavy (non-hydrogen) atoms. The molecule has 3 rings (SSSR count). The number of nitrogens with one attached hydrogen (secondary N) is 2. The monoisotopic (exact) mass is 266 g/mol. The van der Waals surface area contributed by atoms with Gasteiger partial charge in [-0.25, -0.2) is 0 Å². The Balaban J connectivity index is 1.60. The van der Waals surface area contributed by atoms with Crippen molar-refractivity contribution in [1.29, 1.82) is 0 Å². The zero-order valence-corrected chi connectivity index (χ0v) is 10.8.